The zero-order valence-corrected chi connectivity index (χ0v) is 19.0. The number of carbonyl (C=O) groups excluding carboxylic acids is 1. The molecule has 3 nitrogen and oxygen atoms in total. The highest BCUT2D eigenvalue weighted by molar-refractivity contribution is 6.74. The standard InChI is InChI=1S/C22H36O3Si/c1-11-16(2)19(25-26(9,10)22(6,7)8)17-12-14-18(15-13-17)24-20(23)21(3,4)5/h11-16,19H,1H2,2-10H3/t16-,19-/m0/s1. The maximum absolute atomic E-state index is 12.1. The predicted molar refractivity (Wildman–Crippen MR) is 112 cm³/mol. The predicted octanol–water partition coefficient (Wildman–Crippen LogP) is 6.52. The molecule has 1 aromatic carbocycles. The van der Waals surface area contributed by atoms with E-state index in [1.54, 1.807) is 0 Å². The van der Waals surface area contributed by atoms with Crippen LogP contribution in [0.5, 0.6) is 5.75 Å². The van der Waals surface area contributed by atoms with Crippen LogP contribution < -0.4 is 4.74 Å². The number of carbonyl (C=O) groups is 1. The van der Waals surface area contributed by atoms with Crippen molar-refractivity contribution in [1.82, 2.24) is 0 Å². The van der Waals surface area contributed by atoms with Crippen molar-refractivity contribution in [3.8, 4) is 5.75 Å². The fourth-order valence-electron chi connectivity index (χ4n) is 2.08. The molecule has 0 saturated carbocycles. The molecule has 146 valence electrons. The normalized spacial score (nSPS) is 15.3. The molecule has 0 bridgehead atoms. The molecule has 0 saturated heterocycles. The molecule has 0 radical (unpaired) electrons. The first-order valence-corrected chi connectivity index (χ1v) is 12.2. The lowest BCUT2D eigenvalue weighted by atomic mass is 9.97. The molecule has 0 N–H and O–H groups in total. The van der Waals surface area contributed by atoms with Gasteiger partial charge in [-0.3, -0.25) is 4.79 Å². The largest absolute Gasteiger partial charge is 0.426 e. The highest BCUT2D eigenvalue weighted by Crippen LogP contribution is 2.42. The molecule has 4 heteroatoms. The SMILES string of the molecule is C=C[C@H](C)[C@H](O[Si](C)(C)C(C)(C)C)c1ccc(OC(=O)C(C)(C)C)cc1. The highest BCUT2D eigenvalue weighted by atomic mass is 28.4. The summed E-state index contributed by atoms with van der Waals surface area (Å²) < 4.78 is 12.1. The summed E-state index contributed by atoms with van der Waals surface area (Å²) in [6, 6.07) is 7.67. The zero-order valence-electron chi connectivity index (χ0n) is 18.0. The van der Waals surface area contributed by atoms with E-state index in [-0.39, 0.29) is 23.0 Å². The Morgan fingerprint density at radius 1 is 1.08 bits per heavy atom. The van der Waals surface area contributed by atoms with E-state index in [0.717, 1.165) is 5.56 Å². The fourth-order valence-corrected chi connectivity index (χ4v) is 3.42. The monoisotopic (exact) mass is 376 g/mol. The Morgan fingerprint density at radius 3 is 1.96 bits per heavy atom. The Kier molecular flexibility index (Phi) is 7.05. The molecule has 0 heterocycles. The Bertz CT molecular complexity index is 618. The van der Waals surface area contributed by atoms with E-state index in [2.05, 4.69) is 47.4 Å². The van der Waals surface area contributed by atoms with Gasteiger partial charge in [0, 0.05) is 5.92 Å². The second-order valence-corrected chi connectivity index (χ2v) is 14.4. The van der Waals surface area contributed by atoms with Gasteiger partial charge in [0.25, 0.3) is 0 Å². The van der Waals surface area contributed by atoms with Crippen LogP contribution in [0, 0.1) is 11.3 Å². The molecular weight excluding hydrogens is 340 g/mol. The molecule has 1 aromatic rings. The van der Waals surface area contributed by atoms with Gasteiger partial charge in [-0.2, -0.15) is 0 Å². The lowest BCUT2D eigenvalue weighted by molar-refractivity contribution is -0.142. The molecule has 0 aliphatic rings. The van der Waals surface area contributed by atoms with E-state index < -0.39 is 13.7 Å². The lowest BCUT2D eigenvalue weighted by Gasteiger charge is -2.40. The van der Waals surface area contributed by atoms with Gasteiger partial charge < -0.3 is 9.16 Å². The van der Waals surface area contributed by atoms with Crippen molar-refractivity contribution in [2.45, 2.75) is 72.7 Å². The average Bonchev–Trinajstić information content (AvgIpc) is 2.50. The second kappa shape index (κ2) is 8.09. The summed E-state index contributed by atoms with van der Waals surface area (Å²) in [6.45, 7) is 22.8. The van der Waals surface area contributed by atoms with Crippen LogP contribution >= 0.6 is 0 Å². The van der Waals surface area contributed by atoms with Gasteiger partial charge in [-0.25, -0.2) is 0 Å². The third kappa shape index (κ3) is 5.81. The number of hydrogen-bond donors (Lipinski definition) is 0. The van der Waals surface area contributed by atoms with Crippen LogP contribution in [0.2, 0.25) is 18.1 Å². The second-order valence-electron chi connectivity index (χ2n) is 9.60. The first-order valence-electron chi connectivity index (χ1n) is 9.31. The summed E-state index contributed by atoms with van der Waals surface area (Å²) >= 11 is 0. The molecule has 0 unspecified atom stereocenters. The van der Waals surface area contributed by atoms with Crippen LogP contribution in [0.3, 0.4) is 0 Å². The Balaban J connectivity index is 3.06. The summed E-state index contributed by atoms with van der Waals surface area (Å²) in [5, 5.41) is 0.133. The van der Waals surface area contributed by atoms with Gasteiger partial charge in [0.2, 0.25) is 0 Å². The molecule has 0 aliphatic carbocycles. The van der Waals surface area contributed by atoms with Crippen molar-refractivity contribution in [1.29, 1.82) is 0 Å². The number of ether oxygens (including phenoxy) is 1. The van der Waals surface area contributed by atoms with Gasteiger partial charge in [-0.1, -0.05) is 45.9 Å². The van der Waals surface area contributed by atoms with Gasteiger partial charge in [0.1, 0.15) is 5.75 Å². The molecule has 2 atom stereocenters. The number of esters is 1. The van der Waals surface area contributed by atoms with Crippen LogP contribution in [0.15, 0.2) is 36.9 Å². The van der Waals surface area contributed by atoms with Gasteiger partial charge in [0.15, 0.2) is 8.32 Å². The van der Waals surface area contributed by atoms with Crippen molar-refractivity contribution in [3.05, 3.63) is 42.5 Å². The molecule has 0 amide bonds. The molecule has 0 aromatic heterocycles. The van der Waals surface area contributed by atoms with Gasteiger partial charge in [-0.05, 0) is 56.6 Å². The number of benzene rings is 1. The van der Waals surface area contributed by atoms with Crippen LogP contribution in [0.25, 0.3) is 0 Å². The first kappa shape index (κ1) is 22.6. The molecule has 0 aliphatic heterocycles. The Labute approximate surface area is 160 Å². The van der Waals surface area contributed by atoms with Crippen LogP contribution in [0.1, 0.15) is 60.1 Å². The summed E-state index contributed by atoms with van der Waals surface area (Å²) in [6.07, 6.45) is 1.88. The van der Waals surface area contributed by atoms with E-state index >= 15 is 0 Å². The molecule has 0 fully saturated rings. The molecule has 0 spiro atoms. The summed E-state index contributed by atoms with van der Waals surface area (Å²) in [5.74, 6) is 0.511. The van der Waals surface area contributed by atoms with Crippen molar-refractivity contribution >= 4 is 14.3 Å². The zero-order chi connectivity index (χ0) is 20.3. The summed E-state index contributed by atoms with van der Waals surface area (Å²) in [4.78, 5) is 12.1. The average molecular weight is 377 g/mol. The molecular formula is C22H36O3Si. The summed E-state index contributed by atoms with van der Waals surface area (Å²) in [5.41, 5.74) is 0.557. The minimum atomic E-state index is -1.93. The third-order valence-corrected chi connectivity index (χ3v) is 9.56. The highest BCUT2D eigenvalue weighted by Gasteiger charge is 2.40. The smallest absolute Gasteiger partial charge is 0.316 e. The van der Waals surface area contributed by atoms with Crippen LogP contribution in [0.4, 0.5) is 0 Å². The van der Waals surface area contributed by atoms with Gasteiger partial charge in [0.05, 0.1) is 11.5 Å². The number of rotatable bonds is 6. The molecule has 1 rings (SSSR count). The van der Waals surface area contributed by atoms with E-state index in [4.69, 9.17) is 9.16 Å². The van der Waals surface area contributed by atoms with Gasteiger partial charge in [-0.15, -0.1) is 6.58 Å². The van der Waals surface area contributed by atoms with E-state index in [9.17, 15) is 4.79 Å². The minimum Gasteiger partial charge on any atom is -0.426 e. The van der Waals surface area contributed by atoms with E-state index in [1.165, 1.54) is 0 Å². The van der Waals surface area contributed by atoms with E-state index in [1.807, 2.05) is 51.1 Å². The van der Waals surface area contributed by atoms with Crippen LogP contribution in [-0.4, -0.2) is 14.3 Å². The maximum Gasteiger partial charge on any atom is 0.316 e. The van der Waals surface area contributed by atoms with Crippen LogP contribution in [-0.2, 0) is 9.22 Å². The fraction of sp³-hybridized carbons (Fsp3) is 0.591. The van der Waals surface area contributed by atoms with Gasteiger partial charge >= 0.3 is 5.97 Å². The molecule has 26 heavy (non-hydrogen) atoms. The first-order chi connectivity index (χ1) is 11.7. The van der Waals surface area contributed by atoms with Crippen molar-refractivity contribution in [2.75, 3.05) is 0 Å². The maximum atomic E-state index is 12.1. The lowest BCUT2D eigenvalue weighted by Crippen LogP contribution is -2.42. The Morgan fingerprint density at radius 2 is 1.58 bits per heavy atom. The topological polar surface area (TPSA) is 35.5 Å². The number of hydrogen-bond acceptors (Lipinski definition) is 3. The van der Waals surface area contributed by atoms with E-state index in [0.29, 0.717) is 5.75 Å². The Hall–Kier alpha value is -1.39. The van der Waals surface area contributed by atoms with Crippen molar-refractivity contribution in [3.63, 3.8) is 0 Å². The van der Waals surface area contributed by atoms with Crippen molar-refractivity contribution < 1.29 is 14.0 Å². The third-order valence-electron chi connectivity index (χ3n) is 5.11. The quantitative estimate of drug-likeness (QED) is 0.245. The summed E-state index contributed by atoms with van der Waals surface area (Å²) in [7, 11) is -1.93. The van der Waals surface area contributed by atoms with Crippen molar-refractivity contribution in [2.24, 2.45) is 11.3 Å². The minimum absolute atomic E-state index is 0.0549.